The van der Waals surface area contributed by atoms with E-state index in [0.29, 0.717) is 6.42 Å². The monoisotopic (exact) mass is 351 g/mol. The number of benzene rings is 1. The van der Waals surface area contributed by atoms with Gasteiger partial charge in [-0.3, -0.25) is 0 Å². The molecule has 6 nitrogen and oxygen atoms in total. The average molecular weight is 351 g/mol. The molecule has 0 radical (unpaired) electrons. The maximum Gasteiger partial charge on any atom is 0.508 e. The molecule has 140 valence electrons. The van der Waals surface area contributed by atoms with Crippen LogP contribution >= 0.6 is 0 Å². The maximum atomic E-state index is 12.0. The average Bonchev–Trinajstić information content (AvgIpc) is 2.42. The number of carbonyl (C=O) groups excluding carboxylic acids is 2. The van der Waals surface area contributed by atoms with Gasteiger partial charge >= 0.3 is 12.2 Å². The number of hydrogen-bond acceptors (Lipinski definition) is 5. The van der Waals surface area contributed by atoms with E-state index < -0.39 is 29.5 Å². The van der Waals surface area contributed by atoms with Crippen LogP contribution in [0.15, 0.2) is 30.3 Å². The minimum absolute atomic E-state index is 0.0109. The minimum atomic E-state index is -0.767. The molecule has 1 N–H and O–H groups in total. The molecule has 1 atom stereocenters. The smallest absolute Gasteiger partial charge is 0.444 e. The minimum Gasteiger partial charge on any atom is -0.444 e. The van der Waals surface area contributed by atoms with Crippen molar-refractivity contribution in [2.24, 2.45) is 0 Å². The van der Waals surface area contributed by atoms with Gasteiger partial charge < -0.3 is 19.5 Å². The predicted octanol–water partition coefficient (Wildman–Crippen LogP) is 4.07. The summed E-state index contributed by atoms with van der Waals surface area (Å²) in [6, 6.07) is 9.19. The molecule has 0 aromatic heterocycles. The topological polar surface area (TPSA) is 73.9 Å². The lowest BCUT2D eigenvalue weighted by molar-refractivity contribution is -0.0119. The Morgan fingerprint density at radius 1 is 0.960 bits per heavy atom. The maximum absolute atomic E-state index is 12.0. The van der Waals surface area contributed by atoms with Gasteiger partial charge in [-0.25, -0.2) is 9.59 Å². The third kappa shape index (κ3) is 10.3. The van der Waals surface area contributed by atoms with Crippen LogP contribution in [0.25, 0.3) is 0 Å². The molecule has 0 saturated heterocycles. The van der Waals surface area contributed by atoms with E-state index in [1.54, 1.807) is 41.5 Å². The summed E-state index contributed by atoms with van der Waals surface area (Å²) in [5, 5.41) is 2.75. The van der Waals surface area contributed by atoms with Crippen molar-refractivity contribution in [2.75, 3.05) is 6.61 Å². The van der Waals surface area contributed by atoms with Crippen molar-refractivity contribution in [3.8, 4) is 0 Å². The third-order valence-corrected chi connectivity index (χ3v) is 2.84. The standard InChI is InChI=1S/C19H29NO5/c1-18(2,3)24-16(21)20-15(12-14-10-8-7-9-11-14)13-23-17(22)25-19(4,5)6/h7-11,15H,12-13H2,1-6H3,(H,20,21). The first kappa shape index (κ1) is 20.8. The fourth-order valence-electron chi connectivity index (χ4n) is 1.97. The summed E-state index contributed by atoms with van der Waals surface area (Å²) in [4.78, 5) is 23.8. The highest BCUT2D eigenvalue weighted by Gasteiger charge is 2.23. The normalized spacial score (nSPS) is 12.9. The van der Waals surface area contributed by atoms with Crippen molar-refractivity contribution >= 4 is 12.2 Å². The second-order valence-electron chi connectivity index (χ2n) is 7.81. The molecule has 1 rings (SSSR count). The molecule has 0 fully saturated rings. The summed E-state index contributed by atoms with van der Waals surface area (Å²) < 4.78 is 15.5. The Morgan fingerprint density at radius 3 is 2.04 bits per heavy atom. The quantitative estimate of drug-likeness (QED) is 0.809. The number of carbonyl (C=O) groups is 2. The van der Waals surface area contributed by atoms with E-state index in [9.17, 15) is 9.59 Å². The molecule has 0 bridgehead atoms. The Morgan fingerprint density at radius 2 is 1.52 bits per heavy atom. The van der Waals surface area contributed by atoms with E-state index in [-0.39, 0.29) is 6.61 Å². The van der Waals surface area contributed by atoms with E-state index in [4.69, 9.17) is 14.2 Å². The summed E-state index contributed by atoms with van der Waals surface area (Å²) in [5.74, 6) is 0. The summed E-state index contributed by atoms with van der Waals surface area (Å²) in [6.07, 6.45) is -0.819. The molecule has 1 aromatic rings. The lowest BCUT2D eigenvalue weighted by Gasteiger charge is -2.24. The molecule has 0 spiro atoms. The zero-order valence-corrected chi connectivity index (χ0v) is 15.9. The molecular weight excluding hydrogens is 322 g/mol. The molecule has 0 aliphatic heterocycles. The molecule has 1 amide bonds. The fraction of sp³-hybridized carbons (Fsp3) is 0.579. The summed E-state index contributed by atoms with van der Waals surface area (Å²) in [6.45, 7) is 10.6. The number of nitrogens with one attached hydrogen (secondary N) is 1. The molecular formula is C19H29NO5. The molecule has 0 heterocycles. The highest BCUT2D eigenvalue weighted by Crippen LogP contribution is 2.11. The molecule has 1 unspecified atom stereocenters. The van der Waals surface area contributed by atoms with Crippen molar-refractivity contribution in [1.29, 1.82) is 0 Å². The lowest BCUT2D eigenvalue weighted by atomic mass is 10.1. The molecule has 25 heavy (non-hydrogen) atoms. The van der Waals surface area contributed by atoms with E-state index in [2.05, 4.69) is 5.32 Å². The first-order chi connectivity index (χ1) is 11.4. The largest absolute Gasteiger partial charge is 0.508 e. The fourth-order valence-corrected chi connectivity index (χ4v) is 1.97. The second-order valence-corrected chi connectivity index (χ2v) is 7.81. The van der Waals surface area contributed by atoms with E-state index in [0.717, 1.165) is 5.56 Å². The summed E-state index contributed by atoms with van der Waals surface area (Å²) in [5.41, 5.74) is -0.228. The number of hydrogen-bond donors (Lipinski definition) is 1. The summed E-state index contributed by atoms with van der Waals surface area (Å²) >= 11 is 0. The van der Waals surface area contributed by atoms with Gasteiger partial charge in [0.25, 0.3) is 0 Å². The van der Waals surface area contributed by atoms with Crippen LogP contribution in [-0.2, 0) is 20.6 Å². The van der Waals surface area contributed by atoms with Gasteiger partial charge in [-0.2, -0.15) is 0 Å². The first-order valence-electron chi connectivity index (χ1n) is 8.34. The predicted molar refractivity (Wildman–Crippen MR) is 95.5 cm³/mol. The van der Waals surface area contributed by atoms with Gasteiger partial charge in [0, 0.05) is 0 Å². The van der Waals surface area contributed by atoms with Crippen LogP contribution in [0.1, 0.15) is 47.1 Å². The summed E-state index contributed by atoms with van der Waals surface area (Å²) in [7, 11) is 0. The Kier molecular flexibility index (Phi) is 7.27. The van der Waals surface area contributed by atoms with Crippen molar-refractivity contribution < 1.29 is 23.8 Å². The van der Waals surface area contributed by atoms with Gasteiger partial charge in [-0.1, -0.05) is 30.3 Å². The van der Waals surface area contributed by atoms with Gasteiger partial charge in [-0.05, 0) is 53.5 Å². The van der Waals surface area contributed by atoms with Crippen molar-refractivity contribution in [3.05, 3.63) is 35.9 Å². The molecule has 0 saturated carbocycles. The molecule has 6 heteroatoms. The van der Waals surface area contributed by atoms with Crippen molar-refractivity contribution in [3.63, 3.8) is 0 Å². The van der Waals surface area contributed by atoms with Crippen LogP contribution < -0.4 is 5.32 Å². The molecule has 0 aliphatic carbocycles. The van der Waals surface area contributed by atoms with Gasteiger partial charge in [0.1, 0.15) is 17.8 Å². The van der Waals surface area contributed by atoms with E-state index >= 15 is 0 Å². The highest BCUT2D eigenvalue weighted by molar-refractivity contribution is 5.68. The number of alkyl carbamates (subject to hydrolysis) is 1. The van der Waals surface area contributed by atoms with Crippen LogP contribution in [-0.4, -0.2) is 36.1 Å². The van der Waals surface area contributed by atoms with Gasteiger partial charge in [-0.15, -0.1) is 0 Å². The Hall–Kier alpha value is -2.24. The Bertz CT molecular complexity index is 557. The van der Waals surface area contributed by atoms with E-state index in [1.165, 1.54) is 0 Å². The van der Waals surface area contributed by atoms with Gasteiger partial charge in [0.2, 0.25) is 0 Å². The van der Waals surface area contributed by atoms with Crippen molar-refractivity contribution in [1.82, 2.24) is 5.32 Å². The van der Waals surface area contributed by atoms with Crippen LogP contribution in [0.5, 0.6) is 0 Å². The molecule has 0 aliphatic rings. The number of ether oxygens (including phenoxy) is 3. The Balaban J connectivity index is 2.67. The zero-order valence-electron chi connectivity index (χ0n) is 15.9. The van der Waals surface area contributed by atoms with Crippen LogP contribution in [0.4, 0.5) is 9.59 Å². The lowest BCUT2D eigenvalue weighted by Crippen LogP contribution is -2.43. The van der Waals surface area contributed by atoms with Crippen LogP contribution in [0.3, 0.4) is 0 Å². The van der Waals surface area contributed by atoms with Crippen molar-refractivity contribution in [2.45, 2.75) is 65.2 Å². The SMILES string of the molecule is CC(C)(C)OC(=O)NC(COC(=O)OC(C)(C)C)Cc1ccccc1. The first-order valence-corrected chi connectivity index (χ1v) is 8.34. The Labute approximate surface area is 149 Å². The highest BCUT2D eigenvalue weighted by atomic mass is 16.7. The second kappa shape index (κ2) is 8.74. The number of rotatable bonds is 5. The third-order valence-electron chi connectivity index (χ3n) is 2.84. The van der Waals surface area contributed by atoms with Gasteiger partial charge in [0.15, 0.2) is 0 Å². The van der Waals surface area contributed by atoms with Crippen LogP contribution in [0, 0.1) is 0 Å². The number of amides is 1. The zero-order chi connectivity index (χ0) is 19.1. The molecule has 1 aromatic carbocycles. The van der Waals surface area contributed by atoms with Crippen LogP contribution in [0.2, 0.25) is 0 Å². The van der Waals surface area contributed by atoms with E-state index in [1.807, 2.05) is 30.3 Å². The van der Waals surface area contributed by atoms with Gasteiger partial charge in [0.05, 0.1) is 6.04 Å².